The van der Waals surface area contributed by atoms with E-state index in [-0.39, 0.29) is 30.2 Å². The van der Waals surface area contributed by atoms with Crippen molar-refractivity contribution in [1.82, 2.24) is 9.62 Å². The first-order valence-corrected chi connectivity index (χ1v) is 14.0. The van der Waals surface area contributed by atoms with Gasteiger partial charge in [0, 0.05) is 18.1 Å². The molecule has 0 spiro atoms. The first-order valence-electron chi connectivity index (χ1n) is 12.0. The molecule has 1 N–H and O–H groups in total. The number of rotatable bonds is 7. The highest BCUT2D eigenvalue weighted by atomic mass is 35.5. The minimum atomic E-state index is -3.50. The van der Waals surface area contributed by atoms with E-state index in [1.807, 2.05) is 0 Å². The van der Waals surface area contributed by atoms with Crippen LogP contribution in [-0.2, 0) is 33.4 Å². The smallest absolute Gasteiger partial charge is 0.224 e. The molecule has 2 atom stereocenters. The summed E-state index contributed by atoms with van der Waals surface area (Å²) >= 11 is 5.91. The van der Waals surface area contributed by atoms with Gasteiger partial charge < -0.3 is 5.32 Å². The quantitative estimate of drug-likeness (QED) is 0.594. The van der Waals surface area contributed by atoms with Crippen LogP contribution in [0.5, 0.6) is 0 Å². The molecule has 2 aliphatic rings. The number of carbonyl (C=O) groups is 1. The van der Waals surface area contributed by atoms with Gasteiger partial charge in [-0.25, -0.2) is 12.7 Å². The summed E-state index contributed by atoms with van der Waals surface area (Å²) in [6.45, 7) is 2.78. The minimum Gasteiger partial charge on any atom is -0.349 e. The Kier molecular flexibility index (Phi) is 7.77. The zero-order valence-electron chi connectivity index (χ0n) is 19.2. The highest BCUT2D eigenvalue weighted by molar-refractivity contribution is 7.88. The van der Waals surface area contributed by atoms with E-state index in [0.29, 0.717) is 30.0 Å². The number of benzene rings is 2. The Morgan fingerprint density at radius 1 is 1.09 bits per heavy atom. The second kappa shape index (κ2) is 10.6. The lowest BCUT2D eigenvalue weighted by Gasteiger charge is -2.32. The maximum Gasteiger partial charge on any atom is 0.224 e. The monoisotopic (exact) mass is 488 g/mol. The van der Waals surface area contributed by atoms with Gasteiger partial charge in [-0.05, 0) is 79.3 Å². The molecule has 1 amide bonds. The number of nitrogens with zero attached hydrogens (tertiary/aromatic N) is 1. The Labute approximate surface area is 202 Å². The van der Waals surface area contributed by atoms with E-state index in [1.54, 1.807) is 24.3 Å². The molecular formula is C26H33ClN2O3S. The summed E-state index contributed by atoms with van der Waals surface area (Å²) in [6, 6.07) is 13.4. The van der Waals surface area contributed by atoms with Crippen LogP contribution in [0.3, 0.4) is 0 Å². The molecule has 33 heavy (non-hydrogen) atoms. The van der Waals surface area contributed by atoms with Crippen LogP contribution < -0.4 is 5.32 Å². The van der Waals surface area contributed by atoms with Gasteiger partial charge in [-0.3, -0.25) is 4.79 Å². The average molecular weight is 489 g/mol. The van der Waals surface area contributed by atoms with Gasteiger partial charge in [-0.1, -0.05) is 48.9 Å². The number of carbonyl (C=O) groups excluding carboxylic acids is 1. The molecule has 2 aromatic rings. The second-order valence-electron chi connectivity index (χ2n) is 9.28. The molecule has 2 aromatic carbocycles. The van der Waals surface area contributed by atoms with Gasteiger partial charge >= 0.3 is 0 Å². The molecule has 1 aliphatic carbocycles. The summed E-state index contributed by atoms with van der Waals surface area (Å²) in [5, 5.41) is 3.79. The molecule has 0 aromatic heterocycles. The van der Waals surface area contributed by atoms with E-state index >= 15 is 0 Å². The van der Waals surface area contributed by atoms with E-state index in [9.17, 15) is 13.2 Å². The van der Waals surface area contributed by atoms with Crippen molar-refractivity contribution in [3.8, 4) is 0 Å². The average Bonchev–Trinajstić information content (AvgIpc) is 2.83. The predicted molar refractivity (Wildman–Crippen MR) is 133 cm³/mol. The number of fused-ring (bicyclic) bond motifs is 1. The standard InChI is InChI=1S/C26H33ClN2O3S/c1-2-25(22-12-11-20-6-3-4-7-21(20)16-22)28-26(30)23-8-5-15-29(17-23)33(31,32)18-19-9-13-24(27)14-10-19/h9-14,16,23,25H,2-8,15,17-18H2,1H3,(H,28,30)/t23-,25-/m1/s1. The normalized spacial score (nSPS) is 20.1. The third-order valence-electron chi connectivity index (χ3n) is 6.91. The summed E-state index contributed by atoms with van der Waals surface area (Å²) in [5.41, 5.74) is 4.68. The minimum absolute atomic E-state index is 0.0500. The molecule has 7 heteroatoms. The Bertz CT molecular complexity index is 1090. The van der Waals surface area contributed by atoms with Crippen molar-refractivity contribution < 1.29 is 13.2 Å². The third-order valence-corrected chi connectivity index (χ3v) is 8.98. The van der Waals surface area contributed by atoms with Crippen molar-refractivity contribution in [2.75, 3.05) is 13.1 Å². The molecule has 1 aliphatic heterocycles. The fourth-order valence-corrected chi connectivity index (χ4v) is 6.71. The molecule has 5 nitrogen and oxygen atoms in total. The number of piperidine rings is 1. The molecule has 1 saturated heterocycles. The lowest BCUT2D eigenvalue weighted by atomic mass is 9.88. The Morgan fingerprint density at radius 3 is 2.55 bits per heavy atom. The first kappa shape index (κ1) is 24.2. The molecule has 0 saturated carbocycles. The highest BCUT2D eigenvalue weighted by Crippen LogP contribution is 2.27. The van der Waals surface area contributed by atoms with Crippen molar-refractivity contribution in [3.63, 3.8) is 0 Å². The predicted octanol–water partition coefficient (Wildman–Crippen LogP) is 5.03. The van der Waals surface area contributed by atoms with Crippen molar-refractivity contribution in [2.24, 2.45) is 5.92 Å². The zero-order chi connectivity index (χ0) is 23.4. The molecule has 1 heterocycles. The maximum atomic E-state index is 13.2. The Morgan fingerprint density at radius 2 is 1.82 bits per heavy atom. The van der Waals surface area contributed by atoms with E-state index in [4.69, 9.17) is 11.6 Å². The van der Waals surface area contributed by atoms with Gasteiger partial charge in [0.1, 0.15) is 0 Å². The van der Waals surface area contributed by atoms with Gasteiger partial charge in [-0.2, -0.15) is 0 Å². The van der Waals surface area contributed by atoms with Crippen molar-refractivity contribution >= 4 is 27.5 Å². The summed E-state index contributed by atoms with van der Waals surface area (Å²) in [4.78, 5) is 13.2. The number of sulfonamides is 1. The van der Waals surface area contributed by atoms with Gasteiger partial charge in [0.05, 0.1) is 17.7 Å². The van der Waals surface area contributed by atoms with E-state index in [2.05, 4.69) is 30.4 Å². The van der Waals surface area contributed by atoms with Crippen LogP contribution in [-0.4, -0.2) is 31.7 Å². The van der Waals surface area contributed by atoms with E-state index < -0.39 is 10.0 Å². The maximum absolute atomic E-state index is 13.2. The SMILES string of the molecule is CC[C@@H](NC(=O)[C@@H]1CCCN(S(=O)(=O)Cc2ccc(Cl)cc2)C1)c1ccc2c(c1)CCCC2. The van der Waals surface area contributed by atoms with Crippen molar-refractivity contribution in [3.05, 3.63) is 69.7 Å². The van der Waals surface area contributed by atoms with Gasteiger partial charge in [0.15, 0.2) is 0 Å². The van der Waals surface area contributed by atoms with Crippen LogP contribution in [0.4, 0.5) is 0 Å². The molecular weight excluding hydrogens is 456 g/mol. The molecule has 0 bridgehead atoms. The van der Waals surface area contributed by atoms with E-state index in [1.165, 1.54) is 28.3 Å². The number of hydrogen-bond donors (Lipinski definition) is 1. The fraction of sp³-hybridized carbons (Fsp3) is 0.500. The topological polar surface area (TPSA) is 66.5 Å². The number of amides is 1. The van der Waals surface area contributed by atoms with E-state index in [0.717, 1.165) is 24.8 Å². The third kappa shape index (κ3) is 5.97. The fourth-order valence-electron chi connectivity index (χ4n) is 4.97. The molecule has 1 fully saturated rings. The lowest BCUT2D eigenvalue weighted by Crippen LogP contribution is -2.46. The van der Waals surface area contributed by atoms with Crippen LogP contribution in [0, 0.1) is 5.92 Å². The summed E-state index contributed by atoms with van der Waals surface area (Å²) in [7, 11) is -3.50. The van der Waals surface area contributed by atoms with Crippen LogP contribution in [0.15, 0.2) is 42.5 Å². The van der Waals surface area contributed by atoms with Crippen molar-refractivity contribution in [1.29, 1.82) is 0 Å². The van der Waals surface area contributed by atoms with Gasteiger partial charge in [0.2, 0.25) is 15.9 Å². The van der Waals surface area contributed by atoms with Crippen LogP contribution in [0.25, 0.3) is 0 Å². The van der Waals surface area contributed by atoms with Crippen LogP contribution in [0.1, 0.15) is 67.3 Å². The van der Waals surface area contributed by atoms with Gasteiger partial charge in [-0.15, -0.1) is 0 Å². The second-order valence-corrected chi connectivity index (χ2v) is 11.7. The van der Waals surface area contributed by atoms with Crippen LogP contribution in [0.2, 0.25) is 5.02 Å². The number of halogens is 1. The molecule has 0 unspecified atom stereocenters. The Balaban J connectivity index is 1.41. The lowest BCUT2D eigenvalue weighted by molar-refractivity contribution is -0.126. The number of nitrogens with one attached hydrogen (secondary N) is 1. The molecule has 4 rings (SSSR count). The molecule has 0 radical (unpaired) electrons. The summed E-state index contributed by atoms with van der Waals surface area (Å²) in [6.07, 6.45) is 6.92. The first-order chi connectivity index (χ1) is 15.9. The highest BCUT2D eigenvalue weighted by Gasteiger charge is 2.33. The van der Waals surface area contributed by atoms with Crippen LogP contribution >= 0.6 is 11.6 Å². The molecule has 178 valence electrons. The zero-order valence-corrected chi connectivity index (χ0v) is 20.8. The Hall–Kier alpha value is -1.89. The summed E-state index contributed by atoms with van der Waals surface area (Å²) in [5.74, 6) is -0.457. The van der Waals surface area contributed by atoms with Crippen molar-refractivity contribution in [2.45, 2.75) is 63.7 Å². The summed E-state index contributed by atoms with van der Waals surface area (Å²) < 4.78 is 27.5. The number of hydrogen-bond acceptors (Lipinski definition) is 3. The number of aryl methyl sites for hydroxylation is 2. The van der Waals surface area contributed by atoms with Gasteiger partial charge in [0.25, 0.3) is 0 Å². The largest absolute Gasteiger partial charge is 0.349 e.